The Morgan fingerprint density at radius 1 is 1.50 bits per heavy atom. The van der Waals surface area contributed by atoms with Crippen molar-refractivity contribution >= 4 is 0 Å². The first-order chi connectivity index (χ1) is 5.68. The predicted molar refractivity (Wildman–Crippen MR) is 46.5 cm³/mol. The topological polar surface area (TPSA) is 38.7 Å². The number of ether oxygens (including phenoxy) is 2. The summed E-state index contributed by atoms with van der Waals surface area (Å²) in [5.74, 6) is 5.40. The average Bonchev–Trinajstić information content (AvgIpc) is 2.11. The Morgan fingerprint density at radius 3 is 2.58 bits per heavy atom. The third-order valence-electron chi connectivity index (χ3n) is 1.60. The lowest BCUT2D eigenvalue weighted by atomic mass is 10.0. The van der Waals surface area contributed by atoms with Gasteiger partial charge in [0, 0.05) is 7.11 Å². The Balaban J connectivity index is 4.04. The molecule has 0 radical (unpaired) electrons. The molecule has 0 bridgehead atoms. The van der Waals surface area contributed by atoms with Crippen molar-refractivity contribution in [3.8, 4) is 11.8 Å². The van der Waals surface area contributed by atoms with E-state index in [9.17, 15) is 0 Å². The molecule has 0 aliphatic carbocycles. The van der Waals surface area contributed by atoms with E-state index >= 15 is 0 Å². The van der Waals surface area contributed by atoms with Gasteiger partial charge in [0.25, 0.3) is 0 Å². The van der Waals surface area contributed by atoms with Crippen molar-refractivity contribution in [1.82, 2.24) is 0 Å². The van der Waals surface area contributed by atoms with E-state index in [1.165, 1.54) is 0 Å². The predicted octanol–water partition coefficient (Wildman–Crippen LogP) is 0.771. The number of aliphatic hydroxyl groups excluding tert-OH is 1. The molecule has 0 saturated heterocycles. The van der Waals surface area contributed by atoms with Crippen LogP contribution in [0.5, 0.6) is 0 Å². The van der Waals surface area contributed by atoms with E-state index in [2.05, 4.69) is 11.8 Å². The van der Waals surface area contributed by atoms with Crippen LogP contribution in [-0.2, 0) is 9.47 Å². The molecule has 1 N–H and O–H groups in total. The van der Waals surface area contributed by atoms with Gasteiger partial charge in [0.05, 0.1) is 0 Å². The number of methoxy groups -OCH3 is 1. The third kappa shape index (κ3) is 4.35. The zero-order valence-corrected chi connectivity index (χ0v) is 7.89. The quantitative estimate of drug-likeness (QED) is 0.503. The largest absolute Gasteiger partial charge is 0.384 e. The smallest absolute Gasteiger partial charge is 0.148 e. The summed E-state index contributed by atoms with van der Waals surface area (Å²) in [5, 5.41) is 8.49. The zero-order chi connectivity index (χ0) is 9.45. The normalized spacial score (nSPS) is 14.7. The molecule has 0 amide bonds. The number of aliphatic hydroxyl groups is 1. The highest BCUT2D eigenvalue weighted by molar-refractivity contribution is 5.12. The van der Waals surface area contributed by atoms with Gasteiger partial charge in [-0.25, -0.2) is 0 Å². The van der Waals surface area contributed by atoms with Crippen LogP contribution in [0.1, 0.15) is 20.3 Å². The molecular weight excluding hydrogens is 156 g/mol. The Kier molecular flexibility index (Phi) is 5.73. The first kappa shape index (κ1) is 11.4. The third-order valence-corrected chi connectivity index (χ3v) is 1.60. The lowest BCUT2D eigenvalue weighted by molar-refractivity contribution is -0.0966. The highest BCUT2D eigenvalue weighted by atomic mass is 16.7. The van der Waals surface area contributed by atoms with E-state index in [0.717, 1.165) is 6.42 Å². The fraction of sp³-hybridized carbons (Fsp3) is 0.778. The van der Waals surface area contributed by atoms with Gasteiger partial charge in [-0.15, -0.1) is 0 Å². The molecule has 3 nitrogen and oxygen atoms in total. The van der Waals surface area contributed by atoms with E-state index in [4.69, 9.17) is 14.6 Å². The van der Waals surface area contributed by atoms with E-state index in [-0.39, 0.29) is 13.4 Å². The second-order valence-electron chi connectivity index (χ2n) is 2.60. The van der Waals surface area contributed by atoms with Gasteiger partial charge < -0.3 is 14.6 Å². The van der Waals surface area contributed by atoms with Gasteiger partial charge in [0.1, 0.15) is 19.0 Å². The maximum absolute atomic E-state index is 8.49. The summed E-state index contributed by atoms with van der Waals surface area (Å²) in [4.78, 5) is 0. The van der Waals surface area contributed by atoms with Crippen LogP contribution in [0.2, 0.25) is 0 Å². The Labute approximate surface area is 73.7 Å². The van der Waals surface area contributed by atoms with Crippen LogP contribution in [0.25, 0.3) is 0 Å². The molecule has 70 valence electrons. The standard InChI is InChI=1S/C9H16O3/c1-4-9(2,6-5-7-10)12-8-11-3/h10H,4,7-8H2,1-3H3. The summed E-state index contributed by atoms with van der Waals surface area (Å²) in [6, 6.07) is 0. The molecule has 0 saturated carbocycles. The van der Waals surface area contributed by atoms with Crippen LogP contribution in [-0.4, -0.2) is 31.2 Å². The Morgan fingerprint density at radius 2 is 2.17 bits per heavy atom. The maximum atomic E-state index is 8.49. The van der Waals surface area contributed by atoms with Crippen LogP contribution in [0, 0.1) is 11.8 Å². The Hall–Kier alpha value is -0.560. The van der Waals surface area contributed by atoms with Crippen LogP contribution < -0.4 is 0 Å². The van der Waals surface area contributed by atoms with Crippen molar-refractivity contribution in [2.75, 3.05) is 20.5 Å². The molecule has 0 aromatic heterocycles. The van der Waals surface area contributed by atoms with Gasteiger partial charge in [-0.3, -0.25) is 0 Å². The van der Waals surface area contributed by atoms with Gasteiger partial charge in [0.15, 0.2) is 0 Å². The molecule has 0 heterocycles. The van der Waals surface area contributed by atoms with Crippen molar-refractivity contribution < 1.29 is 14.6 Å². The van der Waals surface area contributed by atoms with Crippen molar-refractivity contribution in [2.24, 2.45) is 0 Å². The van der Waals surface area contributed by atoms with Gasteiger partial charge in [-0.1, -0.05) is 18.8 Å². The first-order valence-corrected chi connectivity index (χ1v) is 3.92. The second-order valence-corrected chi connectivity index (χ2v) is 2.60. The lowest BCUT2D eigenvalue weighted by Gasteiger charge is -2.21. The molecule has 0 fully saturated rings. The zero-order valence-electron chi connectivity index (χ0n) is 7.89. The maximum Gasteiger partial charge on any atom is 0.148 e. The SMILES string of the molecule is CCC(C)(C#CCO)OCOC. The van der Waals surface area contributed by atoms with Gasteiger partial charge in [-0.05, 0) is 13.3 Å². The summed E-state index contributed by atoms with van der Waals surface area (Å²) in [6.07, 6.45) is 0.767. The molecule has 0 aliphatic rings. The summed E-state index contributed by atoms with van der Waals surface area (Å²) >= 11 is 0. The van der Waals surface area contributed by atoms with Gasteiger partial charge >= 0.3 is 0 Å². The van der Waals surface area contributed by atoms with E-state index in [1.54, 1.807) is 7.11 Å². The number of hydrogen-bond donors (Lipinski definition) is 1. The van der Waals surface area contributed by atoms with Crippen molar-refractivity contribution in [2.45, 2.75) is 25.9 Å². The molecule has 0 spiro atoms. The minimum atomic E-state index is -0.501. The summed E-state index contributed by atoms with van der Waals surface area (Å²) in [7, 11) is 1.57. The average molecular weight is 172 g/mol. The van der Waals surface area contributed by atoms with Crippen LogP contribution in [0.3, 0.4) is 0 Å². The lowest BCUT2D eigenvalue weighted by Crippen LogP contribution is -2.26. The first-order valence-electron chi connectivity index (χ1n) is 3.92. The van der Waals surface area contributed by atoms with Gasteiger partial charge in [-0.2, -0.15) is 0 Å². The molecule has 1 unspecified atom stereocenters. The molecule has 0 aromatic carbocycles. The van der Waals surface area contributed by atoms with Crippen LogP contribution >= 0.6 is 0 Å². The highest BCUT2D eigenvalue weighted by Crippen LogP contribution is 2.13. The van der Waals surface area contributed by atoms with Crippen LogP contribution in [0.4, 0.5) is 0 Å². The molecule has 3 heteroatoms. The minimum absolute atomic E-state index is 0.133. The molecule has 0 aromatic rings. The van der Waals surface area contributed by atoms with Crippen LogP contribution in [0.15, 0.2) is 0 Å². The Bertz CT molecular complexity index is 168. The van der Waals surface area contributed by atoms with Gasteiger partial charge in [0.2, 0.25) is 0 Å². The van der Waals surface area contributed by atoms with Crippen molar-refractivity contribution in [3.63, 3.8) is 0 Å². The summed E-state index contributed by atoms with van der Waals surface area (Å²) < 4.78 is 10.1. The molecular formula is C9H16O3. The highest BCUT2D eigenvalue weighted by Gasteiger charge is 2.18. The summed E-state index contributed by atoms with van der Waals surface area (Å²) in [5.41, 5.74) is -0.501. The molecule has 0 aliphatic heterocycles. The fourth-order valence-electron chi connectivity index (χ4n) is 0.642. The molecule has 12 heavy (non-hydrogen) atoms. The summed E-state index contributed by atoms with van der Waals surface area (Å²) in [6.45, 7) is 3.94. The monoisotopic (exact) mass is 172 g/mol. The number of hydrogen-bond acceptors (Lipinski definition) is 3. The van der Waals surface area contributed by atoms with Crippen molar-refractivity contribution in [3.05, 3.63) is 0 Å². The second kappa shape index (κ2) is 6.01. The fourth-order valence-corrected chi connectivity index (χ4v) is 0.642. The van der Waals surface area contributed by atoms with Crippen molar-refractivity contribution in [1.29, 1.82) is 0 Å². The molecule has 1 atom stereocenters. The minimum Gasteiger partial charge on any atom is -0.384 e. The van der Waals surface area contributed by atoms with E-state index in [0.29, 0.717) is 0 Å². The molecule has 0 rings (SSSR count). The van der Waals surface area contributed by atoms with E-state index < -0.39 is 5.60 Å². The number of rotatable bonds is 4. The van der Waals surface area contributed by atoms with E-state index in [1.807, 2.05) is 13.8 Å².